The molecule has 1 aliphatic carbocycles. The molecule has 4 N–H and O–H groups in total. The van der Waals surface area contributed by atoms with Crippen molar-refractivity contribution in [2.45, 2.75) is 57.5 Å². The second-order valence-corrected chi connectivity index (χ2v) is 4.10. The van der Waals surface area contributed by atoms with Crippen LogP contribution in [0.4, 0.5) is 0 Å². The molecular formula is C10H21N3O. The standard InChI is InChI=1S/C10H21N3O/c1-8(10(11)13-14)12-9-6-4-2-3-5-7-9/h8-9,12,14H,2-7H2,1H3,(H2,11,13). The van der Waals surface area contributed by atoms with Crippen LogP contribution in [0.15, 0.2) is 5.16 Å². The van der Waals surface area contributed by atoms with E-state index in [9.17, 15) is 0 Å². The maximum absolute atomic E-state index is 8.51. The number of amidine groups is 1. The van der Waals surface area contributed by atoms with Gasteiger partial charge in [0.15, 0.2) is 5.84 Å². The molecule has 4 heteroatoms. The van der Waals surface area contributed by atoms with Crippen molar-refractivity contribution in [2.24, 2.45) is 10.9 Å². The minimum Gasteiger partial charge on any atom is -0.409 e. The van der Waals surface area contributed by atoms with Gasteiger partial charge in [-0.3, -0.25) is 0 Å². The van der Waals surface area contributed by atoms with Gasteiger partial charge < -0.3 is 16.3 Å². The van der Waals surface area contributed by atoms with Crippen molar-refractivity contribution in [1.82, 2.24) is 5.32 Å². The first-order chi connectivity index (χ1) is 6.74. The molecule has 1 rings (SSSR count). The Morgan fingerprint density at radius 3 is 2.43 bits per heavy atom. The van der Waals surface area contributed by atoms with Crippen molar-refractivity contribution in [1.29, 1.82) is 0 Å². The quantitative estimate of drug-likeness (QED) is 0.212. The van der Waals surface area contributed by atoms with Crippen molar-refractivity contribution in [3.05, 3.63) is 0 Å². The van der Waals surface area contributed by atoms with Crippen LogP contribution in [0.1, 0.15) is 45.4 Å². The molecule has 0 aromatic carbocycles. The summed E-state index contributed by atoms with van der Waals surface area (Å²) >= 11 is 0. The lowest BCUT2D eigenvalue weighted by Crippen LogP contribution is -2.44. The van der Waals surface area contributed by atoms with Gasteiger partial charge in [0.1, 0.15) is 0 Å². The number of rotatable bonds is 3. The Balaban J connectivity index is 2.34. The largest absolute Gasteiger partial charge is 0.409 e. The van der Waals surface area contributed by atoms with E-state index in [1.165, 1.54) is 38.5 Å². The van der Waals surface area contributed by atoms with Crippen molar-refractivity contribution in [2.75, 3.05) is 0 Å². The highest BCUT2D eigenvalue weighted by Crippen LogP contribution is 2.17. The van der Waals surface area contributed by atoms with Crippen LogP contribution in [-0.2, 0) is 0 Å². The molecule has 0 aromatic heterocycles. The van der Waals surface area contributed by atoms with E-state index in [0.717, 1.165) is 0 Å². The van der Waals surface area contributed by atoms with Gasteiger partial charge in [0, 0.05) is 6.04 Å². The Kier molecular flexibility index (Phi) is 4.73. The van der Waals surface area contributed by atoms with Crippen LogP contribution >= 0.6 is 0 Å². The molecule has 1 unspecified atom stereocenters. The van der Waals surface area contributed by atoms with Crippen LogP contribution in [0.25, 0.3) is 0 Å². The number of nitrogens with one attached hydrogen (secondary N) is 1. The molecule has 0 amide bonds. The van der Waals surface area contributed by atoms with E-state index in [1.807, 2.05) is 6.92 Å². The molecule has 0 saturated heterocycles. The lowest BCUT2D eigenvalue weighted by atomic mass is 10.1. The molecule has 1 atom stereocenters. The van der Waals surface area contributed by atoms with Crippen LogP contribution in [0.5, 0.6) is 0 Å². The predicted octanol–water partition coefficient (Wildman–Crippen LogP) is 1.43. The first-order valence-corrected chi connectivity index (χ1v) is 5.47. The second kappa shape index (κ2) is 5.86. The fourth-order valence-electron chi connectivity index (χ4n) is 1.97. The summed E-state index contributed by atoms with van der Waals surface area (Å²) < 4.78 is 0. The first kappa shape index (κ1) is 11.3. The zero-order chi connectivity index (χ0) is 10.4. The molecular weight excluding hydrogens is 178 g/mol. The Morgan fingerprint density at radius 1 is 1.36 bits per heavy atom. The molecule has 0 aromatic rings. The third-order valence-electron chi connectivity index (χ3n) is 2.90. The minimum absolute atomic E-state index is 0.0249. The molecule has 0 heterocycles. The third-order valence-corrected chi connectivity index (χ3v) is 2.90. The van der Waals surface area contributed by atoms with E-state index in [0.29, 0.717) is 6.04 Å². The van der Waals surface area contributed by atoms with E-state index >= 15 is 0 Å². The summed E-state index contributed by atoms with van der Waals surface area (Å²) in [5.41, 5.74) is 5.51. The highest BCUT2D eigenvalue weighted by molar-refractivity contribution is 5.84. The summed E-state index contributed by atoms with van der Waals surface area (Å²) in [5, 5.41) is 14.9. The summed E-state index contributed by atoms with van der Waals surface area (Å²) in [6, 6.07) is 0.510. The summed E-state index contributed by atoms with van der Waals surface area (Å²) in [6.07, 6.45) is 7.69. The van der Waals surface area contributed by atoms with Crippen LogP contribution in [0, 0.1) is 0 Å². The van der Waals surface area contributed by atoms with Gasteiger partial charge in [-0.15, -0.1) is 0 Å². The highest BCUT2D eigenvalue weighted by Gasteiger charge is 2.16. The van der Waals surface area contributed by atoms with Crippen molar-refractivity contribution in [3.63, 3.8) is 0 Å². The molecule has 82 valence electrons. The SMILES string of the molecule is CC(NC1CCCCCC1)C(N)=NO. The Labute approximate surface area is 85.6 Å². The number of oxime groups is 1. The van der Waals surface area contributed by atoms with Gasteiger partial charge in [0.2, 0.25) is 0 Å². The molecule has 0 radical (unpaired) electrons. The maximum atomic E-state index is 8.51. The van der Waals surface area contributed by atoms with Gasteiger partial charge >= 0.3 is 0 Å². The van der Waals surface area contributed by atoms with E-state index in [1.54, 1.807) is 0 Å². The normalized spacial score (nSPS) is 23.1. The summed E-state index contributed by atoms with van der Waals surface area (Å²) in [7, 11) is 0. The monoisotopic (exact) mass is 199 g/mol. The van der Waals surface area contributed by atoms with Crippen LogP contribution in [-0.4, -0.2) is 23.1 Å². The third kappa shape index (κ3) is 3.54. The van der Waals surface area contributed by atoms with Crippen LogP contribution in [0.2, 0.25) is 0 Å². The molecule has 14 heavy (non-hydrogen) atoms. The number of nitrogens with two attached hydrogens (primary N) is 1. The van der Waals surface area contributed by atoms with Crippen LogP contribution in [0.3, 0.4) is 0 Å². The molecule has 4 nitrogen and oxygen atoms in total. The maximum Gasteiger partial charge on any atom is 0.156 e. The van der Waals surface area contributed by atoms with Crippen molar-refractivity contribution < 1.29 is 5.21 Å². The molecule has 1 fully saturated rings. The van der Waals surface area contributed by atoms with E-state index in [4.69, 9.17) is 10.9 Å². The van der Waals surface area contributed by atoms with Gasteiger partial charge in [-0.25, -0.2) is 0 Å². The fourth-order valence-corrected chi connectivity index (χ4v) is 1.97. The molecule has 0 bridgehead atoms. The lowest BCUT2D eigenvalue weighted by Gasteiger charge is -2.20. The summed E-state index contributed by atoms with van der Waals surface area (Å²) in [5.74, 6) is 0.272. The van der Waals surface area contributed by atoms with Crippen molar-refractivity contribution in [3.8, 4) is 0 Å². The van der Waals surface area contributed by atoms with Crippen molar-refractivity contribution >= 4 is 5.84 Å². The topological polar surface area (TPSA) is 70.6 Å². The Morgan fingerprint density at radius 2 is 1.93 bits per heavy atom. The van der Waals surface area contributed by atoms with Gasteiger partial charge in [0.25, 0.3) is 0 Å². The lowest BCUT2D eigenvalue weighted by molar-refractivity contribution is 0.313. The van der Waals surface area contributed by atoms with Crippen LogP contribution < -0.4 is 11.1 Å². The molecule has 0 aliphatic heterocycles. The zero-order valence-corrected chi connectivity index (χ0v) is 8.87. The average Bonchev–Trinajstić information content (AvgIpc) is 2.45. The zero-order valence-electron chi connectivity index (χ0n) is 8.87. The fraction of sp³-hybridized carbons (Fsp3) is 0.900. The van der Waals surface area contributed by atoms with Gasteiger partial charge in [-0.2, -0.15) is 0 Å². The van der Waals surface area contributed by atoms with E-state index in [-0.39, 0.29) is 11.9 Å². The predicted molar refractivity (Wildman–Crippen MR) is 57.5 cm³/mol. The first-order valence-electron chi connectivity index (χ1n) is 5.47. The highest BCUT2D eigenvalue weighted by atomic mass is 16.4. The number of hydrogen-bond donors (Lipinski definition) is 3. The van der Waals surface area contributed by atoms with E-state index < -0.39 is 0 Å². The number of nitrogens with zero attached hydrogens (tertiary/aromatic N) is 1. The summed E-state index contributed by atoms with van der Waals surface area (Å²) in [6.45, 7) is 1.93. The van der Waals surface area contributed by atoms with E-state index in [2.05, 4.69) is 10.5 Å². The average molecular weight is 199 g/mol. The molecule has 1 saturated carbocycles. The molecule has 0 spiro atoms. The minimum atomic E-state index is -0.0249. The number of hydrogen-bond acceptors (Lipinski definition) is 3. The Hall–Kier alpha value is -0.770. The van der Waals surface area contributed by atoms with Gasteiger partial charge in [-0.05, 0) is 19.8 Å². The summed E-state index contributed by atoms with van der Waals surface area (Å²) in [4.78, 5) is 0. The van der Waals surface area contributed by atoms with Gasteiger partial charge in [0.05, 0.1) is 6.04 Å². The Bertz CT molecular complexity index is 186. The molecule has 1 aliphatic rings. The second-order valence-electron chi connectivity index (χ2n) is 4.10. The smallest absolute Gasteiger partial charge is 0.156 e. The van der Waals surface area contributed by atoms with Gasteiger partial charge in [-0.1, -0.05) is 30.8 Å².